The van der Waals surface area contributed by atoms with E-state index in [-0.39, 0.29) is 0 Å². The van der Waals surface area contributed by atoms with Gasteiger partial charge in [-0.3, -0.25) is 0 Å². The van der Waals surface area contributed by atoms with Gasteiger partial charge in [0.2, 0.25) is 5.95 Å². The lowest BCUT2D eigenvalue weighted by Gasteiger charge is -2.18. The summed E-state index contributed by atoms with van der Waals surface area (Å²) < 4.78 is 2.31. The molecule has 2 aliphatic carbocycles. The van der Waals surface area contributed by atoms with E-state index in [0.29, 0.717) is 11.5 Å². The van der Waals surface area contributed by atoms with Gasteiger partial charge in [0.1, 0.15) is 0 Å². The number of hydrogen-bond acceptors (Lipinski definition) is 2. The van der Waals surface area contributed by atoms with E-state index in [1.807, 2.05) is 6.20 Å². The van der Waals surface area contributed by atoms with E-state index < -0.39 is 0 Å². The summed E-state index contributed by atoms with van der Waals surface area (Å²) in [4.78, 5) is 4.44. The molecule has 16 heavy (non-hydrogen) atoms. The fourth-order valence-electron chi connectivity index (χ4n) is 2.81. The van der Waals surface area contributed by atoms with Crippen molar-refractivity contribution in [2.75, 3.05) is 5.32 Å². The van der Waals surface area contributed by atoms with Gasteiger partial charge in [-0.05, 0) is 37.5 Å². The smallest absolute Gasteiger partial charge is 0.203 e. The van der Waals surface area contributed by atoms with Crippen molar-refractivity contribution in [1.82, 2.24) is 9.55 Å². The van der Waals surface area contributed by atoms with Gasteiger partial charge in [-0.1, -0.05) is 13.8 Å². The Kier molecular flexibility index (Phi) is 2.23. The third kappa shape index (κ3) is 1.95. The highest BCUT2D eigenvalue weighted by molar-refractivity contribution is 5.30. The highest BCUT2D eigenvalue weighted by Crippen LogP contribution is 2.40. The fourth-order valence-corrected chi connectivity index (χ4v) is 2.81. The van der Waals surface area contributed by atoms with Gasteiger partial charge in [0, 0.05) is 24.5 Å². The van der Waals surface area contributed by atoms with Crippen LogP contribution in [0.5, 0.6) is 0 Å². The molecule has 0 radical (unpaired) electrons. The fraction of sp³-hybridized carbons (Fsp3) is 0.769. The zero-order valence-corrected chi connectivity index (χ0v) is 10.2. The third-order valence-electron chi connectivity index (χ3n) is 3.91. The molecule has 0 aliphatic heterocycles. The molecule has 0 aromatic carbocycles. The van der Waals surface area contributed by atoms with E-state index in [0.717, 1.165) is 12.0 Å². The Hall–Kier alpha value is -0.990. The Labute approximate surface area is 97.3 Å². The van der Waals surface area contributed by atoms with Crippen molar-refractivity contribution in [3.8, 4) is 0 Å². The van der Waals surface area contributed by atoms with Gasteiger partial charge in [0.25, 0.3) is 0 Å². The van der Waals surface area contributed by atoms with Crippen molar-refractivity contribution in [1.29, 1.82) is 0 Å². The van der Waals surface area contributed by atoms with Crippen molar-refractivity contribution >= 4 is 5.95 Å². The molecule has 0 saturated heterocycles. The van der Waals surface area contributed by atoms with Gasteiger partial charge in [-0.2, -0.15) is 0 Å². The zero-order chi connectivity index (χ0) is 11.2. The van der Waals surface area contributed by atoms with Crippen LogP contribution in [-0.4, -0.2) is 15.6 Å². The number of nitrogens with zero attached hydrogens (tertiary/aromatic N) is 2. The summed E-state index contributed by atoms with van der Waals surface area (Å²) in [5, 5.41) is 3.62. The van der Waals surface area contributed by atoms with Gasteiger partial charge in [-0.15, -0.1) is 0 Å². The molecule has 2 saturated carbocycles. The van der Waals surface area contributed by atoms with Crippen molar-refractivity contribution in [2.45, 2.75) is 58.0 Å². The number of hydrogen-bond donors (Lipinski definition) is 1. The highest BCUT2D eigenvalue weighted by Gasteiger charge is 2.32. The van der Waals surface area contributed by atoms with Crippen LogP contribution >= 0.6 is 0 Å². The second kappa shape index (κ2) is 3.51. The first-order valence-electron chi connectivity index (χ1n) is 6.43. The van der Waals surface area contributed by atoms with E-state index in [4.69, 9.17) is 0 Å². The molecule has 1 aromatic heterocycles. The molecule has 0 spiro atoms. The Morgan fingerprint density at radius 2 is 2.19 bits per heavy atom. The van der Waals surface area contributed by atoms with Crippen LogP contribution in [0.3, 0.4) is 0 Å². The minimum atomic E-state index is 0.509. The molecule has 0 amide bonds. The maximum absolute atomic E-state index is 4.44. The first kappa shape index (κ1) is 10.2. The number of imidazole rings is 1. The largest absolute Gasteiger partial charge is 0.353 e. The first-order chi connectivity index (χ1) is 7.64. The number of aromatic nitrogens is 2. The molecule has 1 aromatic rings. The van der Waals surface area contributed by atoms with Gasteiger partial charge in [0.15, 0.2) is 0 Å². The maximum atomic E-state index is 4.44. The summed E-state index contributed by atoms with van der Waals surface area (Å²) in [5.41, 5.74) is 0.509. The summed E-state index contributed by atoms with van der Waals surface area (Å²) in [6.45, 7) is 4.73. The number of nitrogens with one attached hydrogen (secondary N) is 1. The molecule has 3 nitrogen and oxygen atoms in total. The average molecular weight is 219 g/mol. The third-order valence-corrected chi connectivity index (χ3v) is 3.91. The second-order valence-corrected chi connectivity index (χ2v) is 6.14. The Bertz CT molecular complexity index is 376. The summed E-state index contributed by atoms with van der Waals surface area (Å²) >= 11 is 0. The van der Waals surface area contributed by atoms with E-state index in [2.05, 4.69) is 34.9 Å². The van der Waals surface area contributed by atoms with Crippen LogP contribution in [0.2, 0.25) is 0 Å². The average Bonchev–Trinajstić information content (AvgIpc) is 2.87. The molecule has 1 N–H and O–H groups in total. The first-order valence-corrected chi connectivity index (χ1v) is 6.43. The predicted molar refractivity (Wildman–Crippen MR) is 65.5 cm³/mol. The van der Waals surface area contributed by atoms with Crippen LogP contribution in [0, 0.1) is 5.41 Å². The van der Waals surface area contributed by atoms with Gasteiger partial charge >= 0.3 is 0 Å². The van der Waals surface area contributed by atoms with Crippen molar-refractivity contribution in [2.24, 2.45) is 5.41 Å². The molecule has 0 bridgehead atoms. The van der Waals surface area contributed by atoms with E-state index in [1.54, 1.807) is 0 Å². The number of rotatable bonds is 3. The summed E-state index contributed by atoms with van der Waals surface area (Å²) in [6.07, 6.45) is 10.5. The molecular formula is C13H21N3. The van der Waals surface area contributed by atoms with Crippen LogP contribution < -0.4 is 5.32 Å². The lowest BCUT2D eigenvalue weighted by molar-refractivity contribution is 0.378. The SMILES string of the molecule is CC1(C)CCC(Nc2nccn2C2CC2)C1. The lowest BCUT2D eigenvalue weighted by Crippen LogP contribution is -2.20. The minimum absolute atomic E-state index is 0.509. The molecule has 88 valence electrons. The topological polar surface area (TPSA) is 29.9 Å². The molecular weight excluding hydrogens is 198 g/mol. The van der Waals surface area contributed by atoms with E-state index in [9.17, 15) is 0 Å². The Morgan fingerprint density at radius 3 is 2.81 bits per heavy atom. The Morgan fingerprint density at radius 1 is 1.38 bits per heavy atom. The monoisotopic (exact) mass is 219 g/mol. The normalized spacial score (nSPS) is 28.2. The molecule has 2 aliphatic rings. The quantitative estimate of drug-likeness (QED) is 0.846. The van der Waals surface area contributed by atoms with Gasteiger partial charge in [0.05, 0.1) is 0 Å². The summed E-state index contributed by atoms with van der Waals surface area (Å²) in [6, 6.07) is 1.34. The van der Waals surface area contributed by atoms with Crippen LogP contribution in [0.25, 0.3) is 0 Å². The molecule has 1 atom stereocenters. The molecule has 1 unspecified atom stereocenters. The lowest BCUT2D eigenvalue weighted by atomic mass is 9.92. The van der Waals surface area contributed by atoms with Crippen molar-refractivity contribution in [3.63, 3.8) is 0 Å². The summed E-state index contributed by atoms with van der Waals surface area (Å²) in [7, 11) is 0. The van der Waals surface area contributed by atoms with Crippen LogP contribution in [-0.2, 0) is 0 Å². The summed E-state index contributed by atoms with van der Waals surface area (Å²) in [5.74, 6) is 1.09. The minimum Gasteiger partial charge on any atom is -0.353 e. The van der Waals surface area contributed by atoms with E-state index in [1.165, 1.54) is 32.1 Å². The predicted octanol–water partition coefficient (Wildman–Crippen LogP) is 3.21. The molecule has 2 fully saturated rings. The highest BCUT2D eigenvalue weighted by atomic mass is 15.2. The van der Waals surface area contributed by atoms with Crippen LogP contribution in [0.15, 0.2) is 12.4 Å². The standard InChI is InChI=1S/C13H21N3/c1-13(2)6-5-10(9-13)15-12-14-7-8-16(12)11-3-4-11/h7-8,10-11H,3-6,9H2,1-2H3,(H,14,15). The van der Waals surface area contributed by atoms with Crippen LogP contribution in [0.4, 0.5) is 5.95 Å². The van der Waals surface area contributed by atoms with Crippen molar-refractivity contribution < 1.29 is 0 Å². The van der Waals surface area contributed by atoms with Gasteiger partial charge < -0.3 is 9.88 Å². The second-order valence-electron chi connectivity index (χ2n) is 6.14. The zero-order valence-electron chi connectivity index (χ0n) is 10.2. The number of anilines is 1. The maximum Gasteiger partial charge on any atom is 0.203 e. The van der Waals surface area contributed by atoms with Gasteiger partial charge in [-0.25, -0.2) is 4.98 Å². The molecule has 3 heteroatoms. The van der Waals surface area contributed by atoms with E-state index >= 15 is 0 Å². The molecule has 3 rings (SSSR count). The van der Waals surface area contributed by atoms with Crippen LogP contribution in [0.1, 0.15) is 52.0 Å². The Balaban J connectivity index is 1.68. The van der Waals surface area contributed by atoms with Crippen molar-refractivity contribution in [3.05, 3.63) is 12.4 Å². The molecule has 1 heterocycles.